The monoisotopic (exact) mass is 267 g/mol. The minimum absolute atomic E-state index is 0.0192. The molecule has 3 N–H and O–H groups in total. The lowest BCUT2D eigenvalue weighted by atomic mass is 10.1. The van der Waals surface area contributed by atoms with E-state index < -0.39 is 5.82 Å². The van der Waals surface area contributed by atoms with Crippen molar-refractivity contribution in [3.8, 4) is 0 Å². The van der Waals surface area contributed by atoms with Crippen molar-refractivity contribution in [2.45, 2.75) is 19.4 Å². The number of para-hydroxylation sites is 1. The zero-order valence-corrected chi connectivity index (χ0v) is 10.9. The summed E-state index contributed by atoms with van der Waals surface area (Å²) in [6.07, 6.45) is 0.755. The van der Waals surface area contributed by atoms with Gasteiger partial charge in [0, 0.05) is 19.7 Å². The highest BCUT2D eigenvalue weighted by Crippen LogP contribution is 2.21. The maximum absolute atomic E-state index is 13.6. The molecule has 104 valence electrons. The standard InChI is InChI=1S/C13H18FN3O2/c1-9-8-17(6-3-7-19-9)13(18)10-4-2-5-11(14)12(10)16-15/h2,4-5,9,16H,3,6-8,15H2,1H3. The van der Waals surface area contributed by atoms with Crippen LogP contribution in [0.15, 0.2) is 18.2 Å². The van der Waals surface area contributed by atoms with E-state index in [0.717, 1.165) is 6.42 Å². The minimum atomic E-state index is -0.535. The van der Waals surface area contributed by atoms with Crippen molar-refractivity contribution in [3.05, 3.63) is 29.6 Å². The first kappa shape index (κ1) is 13.8. The van der Waals surface area contributed by atoms with Gasteiger partial charge in [-0.2, -0.15) is 0 Å². The molecule has 1 saturated heterocycles. The van der Waals surface area contributed by atoms with E-state index in [9.17, 15) is 9.18 Å². The van der Waals surface area contributed by atoms with E-state index in [1.165, 1.54) is 12.1 Å². The SMILES string of the molecule is CC1CN(C(=O)c2cccc(F)c2NN)CCCO1. The lowest BCUT2D eigenvalue weighted by Crippen LogP contribution is -2.36. The van der Waals surface area contributed by atoms with Gasteiger partial charge in [0.25, 0.3) is 5.91 Å². The summed E-state index contributed by atoms with van der Waals surface area (Å²) in [4.78, 5) is 14.1. The van der Waals surface area contributed by atoms with Gasteiger partial charge in [0.1, 0.15) is 5.82 Å². The molecule has 1 aliphatic heterocycles. The number of ether oxygens (including phenoxy) is 1. The van der Waals surface area contributed by atoms with Crippen LogP contribution in [-0.4, -0.2) is 36.6 Å². The number of benzene rings is 1. The normalized spacial score (nSPS) is 19.9. The molecule has 0 spiro atoms. The number of carbonyl (C=O) groups excluding carboxylic acids is 1. The first-order valence-corrected chi connectivity index (χ1v) is 6.29. The number of carbonyl (C=O) groups is 1. The number of halogens is 1. The Kier molecular flexibility index (Phi) is 4.34. The summed E-state index contributed by atoms with van der Waals surface area (Å²) in [7, 11) is 0. The van der Waals surface area contributed by atoms with Gasteiger partial charge in [-0.1, -0.05) is 6.07 Å². The van der Waals surface area contributed by atoms with Crippen molar-refractivity contribution in [1.82, 2.24) is 4.90 Å². The van der Waals surface area contributed by atoms with Gasteiger partial charge in [0.2, 0.25) is 0 Å². The van der Waals surface area contributed by atoms with Crippen LogP contribution in [0.3, 0.4) is 0 Å². The molecule has 1 atom stereocenters. The smallest absolute Gasteiger partial charge is 0.256 e. The van der Waals surface area contributed by atoms with Gasteiger partial charge in [0.05, 0.1) is 17.4 Å². The molecular formula is C13H18FN3O2. The molecule has 0 bridgehead atoms. The fraction of sp³-hybridized carbons (Fsp3) is 0.462. The van der Waals surface area contributed by atoms with Crippen LogP contribution < -0.4 is 11.3 Å². The molecule has 2 rings (SSSR count). The maximum Gasteiger partial charge on any atom is 0.256 e. The molecule has 1 heterocycles. The maximum atomic E-state index is 13.6. The molecule has 1 aromatic carbocycles. The Morgan fingerprint density at radius 2 is 2.37 bits per heavy atom. The fourth-order valence-corrected chi connectivity index (χ4v) is 2.20. The Bertz CT molecular complexity index is 467. The van der Waals surface area contributed by atoms with Crippen molar-refractivity contribution in [3.63, 3.8) is 0 Å². The molecular weight excluding hydrogens is 249 g/mol. The lowest BCUT2D eigenvalue weighted by molar-refractivity contribution is 0.0563. The van der Waals surface area contributed by atoms with Crippen LogP contribution in [0.5, 0.6) is 0 Å². The van der Waals surface area contributed by atoms with Gasteiger partial charge in [-0.25, -0.2) is 4.39 Å². The van der Waals surface area contributed by atoms with Crippen LogP contribution >= 0.6 is 0 Å². The van der Waals surface area contributed by atoms with Gasteiger partial charge in [-0.3, -0.25) is 10.6 Å². The van der Waals surface area contributed by atoms with Gasteiger partial charge < -0.3 is 15.1 Å². The van der Waals surface area contributed by atoms with Crippen LogP contribution in [0.2, 0.25) is 0 Å². The van der Waals surface area contributed by atoms with Crippen molar-refractivity contribution in [2.24, 2.45) is 5.84 Å². The number of hydrogen-bond acceptors (Lipinski definition) is 4. The number of nitrogens with zero attached hydrogens (tertiary/aromatic N) is 1. The van der Waals surface area contributed by atoms with E-state index in [1.54, 1.807) is 11.0 Å². The van der Waals surface area contributed by atoms with Crippen LogP contribution in [-0.2, 0) is 4.74 Å². The van der Waals surface area contributed by atoms with E-state index in [-0.39, 0.29) is 23.3 Å². The number of rotatable bonds is 2. The van der Waals surface area contributed by atoms with Crippen LogP contribution in [0.1, 0.15) is 23.7 Å². The Morgan fingerprint density at radius 3 is 3.11 bits per heavy atom. The molecule has 0 aromatic heterocycles. The average Bonchev–Trinajstić information content (AvgIpc) is 2.62. The highest BCUT2D eigenvalue weighted by atomic mass is 19.1. The van der Waals surface area contributed by atoms with Crippen molar-refractivity contribution in [1.29, 1.82) is 0 Å². The number of amides is 1. The largest absolute Gasteiger partial charge is 0.377 e. The van der Waals surface area contributed by atoms with E-state index in [1.807, 2.05) is 6.92 Å². The second kappa shape index (κ2) is 5.99. The third kappa shape index (κ3) is 3.02. The minimum Gasteiger partial charge on any atom is -0.377 e. The average molecular weight is 267 g/mol. The van der Waals surface area contributed by atoms with E-state index in [0.29, 0.717) is 19.7 Å². The third-order valence-electron chi connectivity index (χ3n) is 3.13. The predicted octanol–water partition coefficient (Wildman–Crippen LogP) is 1.36. The van der Waals surface area contributed by atoms with Gasteiger partial charge in [-0.05, 0) is 25.5 Å². The topological polar surface area (TPSA) is 67.6 Å². The number of hydrogen-bond donors (Lipinski definition) is 2. The molecule has 1 fully saturated rings. The highest BCUT2D eigenvalue weighted by Gasteiger charge is 2.23. The van der Waals surface area contributed by atoms with E-state index in [2.05, 4.69) is 5.43 Å². The number of nitrogens with two attached hydrogens (primary N) is 1. The molecule has 1 aliphatic rings. The number of nitrogen functional groups attached to an aromatic ring is 1. The molecule has 1 amide bonds. The second-order valence-electron chi connectivity index (χ2n) is 4.59. The van der Waals surface area contributed by atoms with Crippen molar-refractivity contribution < 1.29 is 13.9 Å². The third-order valence-corrected chi connectivity index (χ3v) is 3.13. The zero-order chi connectivity index (χ0) is 13.8. The summed E-state index contributed by atoms with van der Waals surface area (Å²) in [6, 6.07) is 4.33. The summed E-state index contributed by atoms with van der Waals surface area (Å²) in [6.45, 7) is 3.65. The zero-order valence-electron chi connectivity index (χ0n) is 10.9. The molecule has 19 heavy (non-hydrogen) atoms. The molecule has 0 radical (unpaired) electrons. The Hall–Kier alpha value is -1.66. The van der Waals surface area contributed by atoms with Crippen molar-refractivity contribution in [2.75, 3.05) is 25.1 Å². The fourth-order valence-electron chi connectivity index (χ4n) is 2.20. The van der Waals surface area contributed by atoms with Crippen molar-refractivity contribution >= 4 is 11.6 Å². The van der Waals surface area contributed by atoms with E-state index >= 15 is 0 Å². The van der Waals surface area contributed by atoms with Gasteiger partial charge in [0.15, 0.2) is 0 Å². The summed E-state index contributed by atoms with van der Waals surface area (Å²) >= 11 is 0. The number of nitrogens with one attached hydrogen (secondary N) is 1. The lowest BCUT2D eigenvalue weighted by Gasteiger charge is -2.23. The number of hydrazine groups is 1. The van der Waals surface area contributed by atoms with Gasteiger partial charge in [-0.15, -0.1) is 0 Å². The quantitative estimate of drug-likeness (QED) is 0.627. The Morgan fingerprint density at radius 1 is 1.58 bits per heavy atom. The molecule has 0 saturated carbocycles. The van der Waals surface area contributed by atoms with Crippen LogP contribution in [0.25, 0.3) is 0 Å². The molecule has 1 aromatic rings. The first-order valence-electron chi connectivity index (χ1n) is 6.29. The van der Waals surface area contributed by atoms with E-state index in [4.69, 9.17) is 10.6 Å². The second-order valence-corrected chi connectivity index (χ2v) is 4.59. The van der Waals surface area contributed by atoms with Crippen LogP contribution in [0, 0.1) is 5.82 Å². The molecule has 1 unspecified atom stereocenters. The number of anilines is 1. The van der Waals surface area contributed by atoms with Crippen LogP contribution in [0.4, 0.5) is 10.1 Å². The predicted molar refractivity (Wildman–Crippen MR) is 70.1 cm³/mol. The summed E-state index contributed by atoms with van der Waals surface area (Å²) in [5.41, 5.74) is 2.54. The summed E-state index contributed by atoms with van der Waals surface area (Å²) < 4.78 is 19.1. The van der Waals surface area contributed by atoms with Gasteiger partial charge >= 0.3 is 0 Å². The molecule has 6 heteroatoms. The molecule has 5 nitrogen and oxygen atoms in total. The summed E-state index contributed by atoms with van der Waals surface area (Å²) in [5.74, 6) is 4.53. The highest BCUT2D eigenvalue weighted by molar-refractivity contribution is 5.99. The Balaban J connectivity index is 2.25. The molecule has 0 aliphatic carbocycles. The Labute approximate surface area is 111 Å². The summed E-state index contributed by atoms with van der Waals surface area (Å²) in [5, 5.41) is 0. The first-order chi connectivity index (χ1) is 9.13.